The Hall–Kier alpha value is -3.31. The maximum Gasteiger partial charge on any atom is 0.195 e. The van der Waals surface area contributed by atoms with Gasteiger partial charge in [0.25, 0.3) is 0 Å². The standard InChI is InChI=1S/C23H20N4O/c1-2-5-18(6-3-1)20-9-8-17(13-24-20)15-27-11-10-21-19(16-27)14-25-23(26-21)22-7-4-12-28-22/h1-9,12-14H,10-11,15-16H2. The molecule has 0 spiro atoms. The number of aromatic nitrogens is 3. The molecule has 138 valence electrons. The van der Waals surface area contributed by atoms with E-state index in [1.54, 1.807) is 6.26 Å². The molecule has 28 heavy (non-hydrogen) atoms. The Labute approximate surface area is 163 Å². The maximum absolute atomic E-state index is 5.41. The molecule has 0 amide bonds. The third kappa shape index (κ3) is 3.44. The SMILES string of the molecule is c1ccc(-c2ccc(CN3CCc4nc(-c5ccco5)ncc4C3)cn2)cc1. The maximum atomic E-state index is 5.41. The van der Waals surface area contributed by atoms with E-state index in [-0.39, 0.29) is 0 Å². The molecule has 0 atom stereocenters. The Morgan fingerprint density at radius 3 is 2.64 bits per heavy atom. The summed E-state index contributed by atoms with van der Waals surface area (Å²) >= 11 is 0. The van der Waals surface area contributed by atoms with Crippen LogP contribution in [0.2, 0.25) is 0 Å². The summed E-state index contributed by atoms with van der Waals surface area (Å²) in [6.45, 7) is 2.71. The van der Waals surface area contributed by atoms with Crippen LogP contribution in [0, 0.1) is 0 Å². The Bertz CT molecular complexity index is 1060. The van der Waals surface area contributed by atoms with Gasteiger partial charge in [-0.15, -0.1) is 0 Å². The zero-order chi connectivity index (χ0) is 18.8. The van der Waals surface area contributed by atoms with E-state index < -0.39 is 0 Å². The molecule has 0 fully saturated rings. The molecule has 5 heteroatoms. The predicted molar refractivity (Wildman–Crippen MR) is 107 cm³/mol. The molecule has 0 aliphatic carbocycles. The topological polar surface area (TPSA) is 55.1 Å². The predicted octanol–water partition coefficient (Wildman–Crippen LogP) is 4.36. The first-order valence-corrected chi connectivity index (χ1v) is 9.46. The van der Waals surface area contributed by atoms with E-state index in [9.17, 15) is 0 Å². The minimum absolute atomic E-state index is 0.665. The normalized spacial score (nSPS) is 14.0. The van der Waals surface area contributed by atoms with E-state index in [1.165, 1.54) is 11.1 Å². The highest BCUT2D eigenvalue weighted by Crippen LogP contribution is 2.23. The number of pyridine rings is 1. The van der Waals surface area contributed by atoms with E-state index in [1.807, 2.05) is 42.7 Å². The summed E-state index contributed by atoms with van der Waals surface area (Å²) in [7, 11) is 0. The van der Waals surface area contributed by atoms with Crippen LogP contribution in [-0.2, 0) is 19.5 Å². The lowest BCUT2D eigenvalue weighted by Gasteiger charge is -2.27. The van der Waals surface area contributed by atoms with Crippen molar-refractivity contribution < 1.29 is 4.42 Å². The first-order chi connectivity index (χ1) is 13.8. The Balaban J connectivity index is 1.28. The lowest BCUT2D eigenvalue weighted by atomic mass is 10.1. The molecule has 5 rings (SSSR count). The van der Waals surface area contributed by atoms with Crippen LogP contribution >= 0.6 is 0 Å². The molecule has 4 aromatic rings. The number of benzene rings is 1. The van der Waals surface area contributed by atoms with E-state index in [2.05, 4.69) is 39.1 Å². The van der Waals surface area contributed by atoms with Crippen LogP contribution in [0.1, 0.15) is 16.8 Å². The molecule has 0 N–H and O–H groups in total. The molecule has 0 saturated carbocycles. The van der Waals surface area contributed by atoms with Gasteiger partial charge in [-0.1, -0.05) is 36.4 Å². The molecule has 0 saturated heterocycles. The van der Waals surface area contributed by atoms with Crippen molar-refractivity contribution in [3.05, 3.63) is 90.1 Å². The summed E-state index contributed by atoms with van der Waals surface area (Å²) in [5.41, 5.74) is 5.68. The van der Waals surface area contributed by atoms with Crippen LogP contribution in [0.15, 0.2) is 77.7 Å². The average molecular weight is 368 g/mol. The fourth-order valence-corrected chi connectivity index (χ4v) is 3.59. The van der Waals surface area contributed by atoms with Crippen LogP contribution < -0.4 is 0 Å². The van der Waals surface area contributed by atoms with Crippen molar-refractivity contribution in [1.29, 1.82) is 0 Å². The zero-order valence-corrected chi connectivity index (χ0v) is 15.5. The average Bonchev–Trinajstić information content (AvgIpc) is 3.30. The van der Waals surface area contributed by atoms with Crippen molar-refractivity contribution in [2.75, 3.05) is 6.54 Å². The number of hydrogen-bond donors (Lipinski definition) is 0. The van der Waals surface area contributed by atoms with Crippen molar-refractivity contribution in [3.63, 3.8) is 0 Å². The smallest absolute Gasteiger partial charge is 0.195 e. The van der Waals surface area contributed by atoms with Gasteiger partial charge >= 0.3 is 0 Å². The molecule has 4 heterocycles. The number of furan rings is 1. The molecule has 0 unspecified atom stereocenters. The lowest BCUT2D eigenvalue weighted by molar-refractivity contribution is 0.242. The molecular weight excluding hydrogens is 348 g/mol. The Morgan fingerprint density at radius 1 is 0.929 bits per heavy atom. The van der Waals surface area contributed by atoms with Gasteiger partial charge in [-0.2, -0.15) is 0 Å². The molecule has 5 nitrogen and oxygen atoms in total. The number of hydrogen-bond acceptors (Lipinski definition) is 5. The van der Waals surface area contributed by atoms with Gasteiger partial charge in [0.1, 0.15) is 0 Å². The van der Waals surface area contributed by atoms with Crippen LogP contribution in [0.25, 0.3) is 22.8 Å². The number of nitrogens with zero attached hydrogens (tertiary/aromatic N) is 4. The van der Waals surface area contributed by atoms with Gasteiger partial charge in [0.2, 0.25) is 0 Å². The van der Waals surface area contributed by atoms with Crippen LogP contribution in [0.3, 0.4) is 0 Å². The molecule has 0 bridgehead atoms. The quantitative estimate of drug-likeness (QED) is 0.536. The minimum Gasteiger partial charge on any atom is -0.461 e. The highest BCUT2D eigenvalue weighted by Gasteiger charge is 2.19. The van der Waals surface area contributed by atoms with Crippen LogP contribution in [0.5, 0.6) is 0 Å². The lowest BCUT2D eigenvalue weighted by Crippen LogP contribution is -2.31. The Kier molecular flexibility index (Phi) is 4.43. The highest BCUT2D eigenvalue weighted by molar-refractivity contribution is 5.58. The van der Waals surface area contributed by atoms with Crippen molar-refractivity contribution >= 4 is 0 Å². The van der Waals surface area contributed by atoms with Crippen LogP contribution in [-0.4, -0.2) is 26.4 Å². The highest BCUT2D eigenvalue weighted by atomic mass is 16.3. The van der Waals surface area contributed by atoms with Gasteiger partial charge in [0.15, 0.2) is 11.6 Å². The van der Waals surface area contributed by atoms with E-state index in [0.29, 0.717) is 5.82 Å². The summed E-state index contributed by atoms with van der Waals surface area (Å²) in [6, 6.07) is 18.3. The van der Waals surface area contributed by atoms with E-state index >= 15 is 0 Å². The molecule has 3 aromatic heterocycles. The molecule has 1 aliphatic rings. The zero-order valence-electron chi connectivity index (χ0n) is 15.5. The molecular formula is C23H20N4O. The van der Waals surface area contributed by atoms with Crippen LogP contribution in [0.4, 0.5) is 0 Å². The van der Waals surface area contributed by atoms with E-state index in [4.69, 9.17) is 9.40 Å². The van der Waals surface area contributed by atoms with Gasteiger partial charge in [-0.3, -0.25) is 9.88 Å². The second-order valence-corrected chi connectivity index (χ2v) is 7.02. The summed E-state index contributed by atoms with van der Waals surface area (Å²) < 4.78 is 5.41. The molecule has 1 aliphatic heterocycles. The second kappa shape index (κ2) is 7.37. The fourth-order valence-electron chi connectivity index (χ4n) is 3.59. The van der Waals surface area contributed by atoms with Gasteiger partial charge in [-0.25, -0.2) is 9.97 Å². The molecule has 1 aromatic carbocycles. The summed E-state index contributed by atoms with van der Waals surface area (Å²) in [4.78, 5) is 16.2. The summed E-state index contributed by atoms with van der Waals surface area (Å²) in [5.74, 6) is 1.38. The van der Waals surface area contributed by atoms with Crippen molar-refractivity contribution in [2.24, 2.45) is 0 Å². The summed E-state index contributed by atoms with van der Waals surface area (Å²) in [5, 5.41) is 0. The van der Waals surface area contributed by atoms with Gasteiger partial charge < -0.3 is 4.42 Å². The monoisotopic (exact) mass is 368 g/mol. The number of fused-ring (bicyclic) bond motifs is 1. The third-order valence-electron chi connectivity index (χ3n) is 5.06. The Morgan fingerprint density at radius 2 is 1.86 bits per heavy atom. The minimum atomic E-state index is 0.665. The van der Waals surface area contributed by atoms with E-state index in [0.717, 1.165) is 48.8 Å². The molecule has 0 radical (unpaired) electrons. The fraction of sp³-hybridized carbons (Fsp3) is 0.174. The first kappa shape index (κ1) is 16.8. The van der Waals surface area contributed by atoms with Gasteiger partial charge in [0.05, 0.1) is 17.7 Å². The second-order valence-electron chi connectivity index (χ2n) is 7.02. The van der Waals surface area contributed by atoms with Crippen molar-refractivity contribution in [2.45, 2.75) is 19.5 Å². The van der Waals surface area contributed by atoms with Crippen molar-refractivity contribution in [3.8, 4) is 22.8 Å². The van der Waals surface area contributed by atoms with Gasteiger partial charge in [0, 0.05) is 49.6 Å². The third-order valence-corrected chi connectivity index (χ3v) is 5.06. The van der Waals surface area contributed by atoms with Crippen molar-refractivity contribution in [1.82, 2.24) is 19.9 Å². The van der Waals surface area contributed by atoms with Gasteiger partial charge in [-0.05, 0) is 23.8 Å². The number of rotatable bonds is 4. The first-order valence-electron chi connectivity index (χ1n) is 9.46. The largest absolute Gasteiger partial charge is 0.461 e. The summed E-state index contributed by atoms with van der Waals surface area (Å²) in [6.07, 6.45) is 6.48.